The van der Waals surface area contributed by atoms with Gasteiger partial charge >= 0.3 is 5.97 Å². The van der Waals surface area contributed by atoms with Gasteiger partial charge in [-0.15, -0.1) is 0 Å². The van der Waals surface area contributed by atoms with Gasteiger partial charge < -0.3 is 14.9 Å². The van der Waals surface area contributed by atoms with E-state index in [2.05, 4.69) is 4.74 Å². The molecule has 4 nitrogen and oxygen atoms in total. The maximum Gasteiger partial charge on any atom is 0.340 e. The molecule has 0 bridgehead atoms. The smallest absolute Gasteiger partial charge is 0.340 e. The van der Waals surface area contributed by atoms with E-state index in [0.717, 1.165) is 7.11 Å². The first-order valence-corrected chi connectivity index (χ1v) is 4.54. The van der Waals surface area contributed by atoms with Gasteiger partial charge in [0.2, 0.25) is 0 Å². The molecule has 0 aliphatic carbocycles. The number of esters is 1. The Hall–Kier alpha value is -1.39. The molecule has 15 heavy (non-hydrogen) atoms. The van der Waals surface area contributed by atoms with Crippen molar-refractivity contribution in [3.63, 3.8) is 0 Å². The Balaban J connectivity index is 2.94. The van der Waals surface area contributed by atoms with Crippen LogP contribution in [0.3, 0.4) is 0 Å². The minimum Gasteiger partial charge on any atom is -0.467 e. The van der Waals surface area contributed by atoms with Gasteiger partial charge in [-0.05, 0) is 12.5 Å². The Bertz CT molecular complexity index is 332. The second-order valence-electron chi connectivity index (χ2n) is 3.45. The van der Waals surface area contributed by atoms with E-state index in [1.807, 2.05) is 0 Å². The van der Waals surface area contributed by atoms with Gasteiger partial charge in [0.1, 0.15) is 6.10 Å². The second-order valence-corrected chi connectivity index (χ2v) is 3.45. The highest BCUT2D eigenvalue weighted by molar-refractivity contribution is 5.79. The van der Waals surface area contributed by atoms with Crippen LogP contribution in [0.1, 0.15) is 18.6 Å². The average Bonchev–Trinajstić information content (AvgIpc) is 2.28. The van der Waals surface area contributed by atoms with Crippen LogP contribution < -0.4 is 0 Å². The zero-order valence-corrected chi connectivity index (χ0v) is 8.68. The molecule has 1 aromatic rings. The van der Waals surface area contributed by atoms with Crippen LogP contribution in [0.2, 0.25) is 0 Å². The molecule has 0 fully saturated rings. The van der Waals surface area contributed by atoms with E-state index < -0.39 is 17.7 Å². The Morgan fingerprint density at radius 1 is 1.40 bits per heavy atom. The van der Waals surface area contributed by atoms with Crippen molar-refractivity contribution in [3.05, 3.63) is 35.9 Å². The van der Waals surface area contributed by atoms with Gasteiger partial charge in [-0.3, -0.25) is 0 Å². The van der Waals surface area contributed by atoms with Gasteiger partial charge in [0.05, 0.1) is 7.11 Å². The Kier molecular flexibility index (Phi) is 3.44. The van der Waals surface area contributed by atoms with Crippen LogP contribution in [0, 0.1) is 0 Å². The van der Waals surface area contributed by atoms with Crippen molar-refractivity contribution in [2.24, 2.45) is 0 Å². The molecule has 0 amide bonds. The number of rotatable bonds is 3. The fourth-order valence-electron chi connectivity index (χ4n) is 1.28. The normalized spacial score (nSPS) is 16.5. The molecule has 2 unspecified atom stereocenters. The van der Waals surface area contributed by atoms with Crippen molar-refractivity contribution in [2.75, 3.05) is 7.11 Å². The molecule has 0 spiro atoms. The van der Waals surface area contributed by atoms with Crippen molar-refractivity contribution >= 4 is 5.97 Å². The third-order valence-corrected chi connectivity index (χ3v) is 2.25. The molecular weight excluding hydrogens is 196 g/mol. The summed E-state index contributed by atoms with van der Waals surface area (Å²) in [5, 5.41) is 19.6. The zero-order valence-electron chi connectivity index (χ0n) is 8.68. The molecule has 0 aromatic heterocycles. The number of aliphatic hydroxyl groups excluding tert-OH is 1. The third kappa shape index (κ3) is 2.34. The van der Waals surface area contributed by atoms with E-state index in [9.17, 15) is 15.0 Å². The van der Waals surface area contributed by atoms with E-state index >= 15 is 0 Å². The first-order valence-electron chi connectivity index (χ1n) is 4.54. The number of ether oxygens (including phenoxy) is 1. The topological polar surface area (TPSA) is 66.8 Å². The molecule has 1 aromatic carbocycles. The third-order valence-electron chi connectivity index (χ3n) is 2.25. The van der Waals surface area contributed by atoms with Crippen LogP contribution in [0.5, 0.6) is 0 Å². The number of carbonyl (C=O) groups is 1. The van der Waals surface area contributed by atoms with Gasteiger partial charge in [0.25, 0.3) is 0 Å². The molecule has 2 atom stereocenters. The van der Waals surface area contributed by atoms with Crippen LogP contribution in [-0.4, -0.2) is 28.9 Å². The van der Waals surface area contributed by atoms with Gasteiger partial charge in [-0.25, -0.2) is 4.79 Å². The summed E-state index contributed by atoms with van der Waals surface area (Å²) in [6.45, 7) is 1.22. The summed E-state index contributed by atoms with van der Waals surface area (Å²) in [7, 11) is 1.16. The van der Waals surface area contributed by atoms with Crippen LogP contribution in [-0.2, 0) is 9.53 Å². The summed E-state index contributed by atoms with van der Waals surface area (Å²) in [6.07, 6.45) is -1.30. The SMILES string of the molecule is COC(=O)C(C)(O)C(O)c1ccccc1. The predicted octanol–water partition coefficient (Wildman–Crippen LogP) is 0.644. The fourth-order valence-corrected chi connectivity index (χ4v) is 1.28. The number of hydrogen-bond donors (Lipinski definition) is 2. The molecule has 1 rings (SSSR count). The minimum atomic E-state index is -1.93. The highest BCUT2D eigenvalue weighted by Gasteiger charge is 2.40. The lowest BCUT2D eigenvalue weighted by atomic mass is 9.93. The largest absolute Gasteiger partial charge is 0.467 e. The molecule has 0 aliphatic rings. The molecule has 82 valence electrons. The number of aliphatic hydroxyl groups is 2. The summed E-state index contributed by atoms with van der Waals surface area (Å²) in [5.41, 5.74) is -1.47. The molecule has 0 saturated heterocycles. The van der Waals surface area contributed by atoms with Crippen molar-refractivity contribution in [1.29, 1.82) is 0 Å². The van der Waals surface area contributed by atoms with Gasteiger partial charge in [-0.2, -0.15) is 0 Å². The zero-order chi connectivity index (χ0) is 11.5. The minimum absolute atomic E-state index is 0.466. The first kappa shape index (κ1) is 11.7. The standard InChI is InChI=1S/C11H14O4/c1-11(14,10(13)15-2)9(12)8-6-4-3-5-7-8/h3-7,9,12,14H,1-2H3. The van der Waals surface area contributed by atoms with Gasteiger partial charge in [0.15, 0.2) is 5.60 Å². The maximum absolute atomic E-state index is 11.2. The number of carbonyl (C=O) groups excluding carboxylic acids is 1. The summed E-state index contributed by atoms with van der Waals surface area (Å²) in [6, 6.07) is 8.46. The fraction of sp³-hybridized carbons (Fsp3) is 0.364. The molecule has 0 aliphatic heterocycles. The summed E-state index contributed by atoms with van der Waals surface area (Å²) < 4.78 is 4.41. The van der Waals surface area contributed by atoms with Crippen LogP contribution in [0.25, 0.3) is 0 Å². The maximum atomic E-state index is 11.2. The quantitative estimate of drug-likeness (QED) is 0.719. The lowest BCUT2D eigenvalue weighted by molar-refractivity contribution is -0.172. The van der Waals surface area contributed by atoms with Gasteiger partial charge in [0, 0.05) is 0 Å². The average molecular weight is 210 g/mol. The van der Waals surface area contributed by atoms with E-state index in [1.165, 1.54) is 6.92 Å². The Morgan fingerprint density at radius 2 is 1.93 bits per heavy atom. The highest BCUT2D eigenvalue weighted by atomic mass is 16.5. The van der Waals surface area contributed by atoms with E-state index in [-0.39, 0.29) is 0 Å². The van der Waals surface area contributed by atoms with Crippen LogP contribution in [0.15, 0.2) is 30.3 Å². The molecular formula is C11H14O4. The van der Waals surface area contributed by atoms with Crippen molar-refractivity contribution in [1.82, 2.24) is 0 Å². The lowest BCUT2D eigenvalue weighted by Crippen LogP contribution is -2.42. The molecule has 0 radical (unpaired) electrons. The summed E-state index contributed by atoms with van der Waals surface area (Å²) >= 11 is 0. The Labute approximate surface area is 88.1 Å². The molecule has 0 heterocycles. The molecule has 2 N–H and O–H groups in total. The van der Waals surface area contributed by atoms with E-state index in [0.29, 0.717) is 5.56 Å². The van der Waals surface area contributed by atoms with Crippen LogP contribution in [0.4, 0.5) is 0 Å². The predicted molar refractivity (Wildman–Crippen MR) is 54.0 cm³/mol. The molecule has 0 saturated carbocycles. The van der Waals surface area contributed by atoms with Gasteiger partial charge in [-0.1, -0.05) is 30.3 Å². The Morgan fingerprint density at radius 3 is 2.40 bits per heavy atom. The molecule has 4 heteroatoms. The number of benzene rings is 1. The monoisotopic (exact) mass is 210 g/mol. The van der Waals surface area contributed by atoms with E-state index in [1.54, 1.807) is 30.3 Å². The highest BCUT2D eigenvalue weighted by Crippen LogP contribution is 2.26. The summed E-state index contributed by atoms with van der Waals surface area (Å²) in [4.78, 5) is 11.2. The first-order chi connectivity index (χ1) is 7.00. The van der Waals surface area contributed by atoms with Crippen molar-refractivity contribution < 1.29 is 19.7 Å². The summed E-state index contributed by atoms with van der Waals surface area (Å²) in [5.74, 6) is -0.862. The van der Waals surface area contributed by atoms with Crippen molar-refractivity contribution in [3.8, 4) is 0 Å². The second kappa shape index (κ2) is 4.42. The van der Waals surface area contributed by atoms with Crippen molar-refractivity contribution in [2.45, 2.75) is 18.6 Å². The van der Waals surface area contributed by atoms with E-state index in [4.69, 9.17) is 0 Å². The number of methoxy groups -OCH3 is 1. The number of hydrogen-bond acceptors (Lipinski definition) is 4. The lowest BCUT2D eigenvalue weighted by Gasteiger charge is -2.26. The van der Waals surface area contributed by atoms with Crippen LogP contribution >= 0.6 is 0 Å².